The minimum atomic E-state index is -0.859. The maximum absolute atomic E-state index is 12.7. The smallest absolute Gasteiger partial charge is 0.303 e. The van der Waals surface area contributed by atoms with E-state index in [4.69, 9.17) is 15.6 Å². The quantitative estimate of drug-likeness (QED) is 0.763. The van der Waals surface area contributed by atoms with Crippen LogP contribution in [0.2, 0.25) is 0 Å². The van der Waals surface area contributed by atoms with E-state index in [1.165, 1.54) is 0 Å². The van der Waals surface area contributed by atoms with Crippen LogP contribution in [0, 0.1) is 17.3 Å². The Labute approximate surface area is 118 Å². The highest BCUT2D eigenvalue weighted by Crippen LogP contribution is 2.59. The minimum absolute atomic E-state index is 0.0316. The molecule has 20 heavy (non-hydrogen) atoms. The lowest BCUT2D eigenvalue weighted by Crippen LogP contribution is -2.81. The lowest BCUT2D eigenvalue weighted by molar-refractivity contribution is -0.189. The molecule has 3 unspecified atom stereocenters. The van der Waals surface area contributed by atoms with Crippen LogP contribution in [0.5, 0.6) is 0 Å². The van der Waals surface area contributed by atoms with Gasteiger partial charge >= 0.3 is 5.97 Å². The Morgan fingerprint density at radius 1 is 1.40 bits per heavy atom. The topological polar surface area (TPSA) is 92.9 Å². The predicted octanol–water partition coefficient (Wildman–Crippen LogP) is 0.0619. The van der Waals surface area contributed by atoms with E-state index < -0.39 is 11.5 Å². The van der Waals surface area contributed by atoms with E-state index in [0.29, 0.717) is 19.7 Å². The monoisotopic (exact) mass is 282 g/mol. The van der Waals surface area contributed by atoms with Crippen LogP contribution in [-0.4, -0.2) is 53.2 Å². The van der Waals surface area contributed by atoms with E-state index in [9.17, 15) is 9.59 Å². The molecule has 0 aromatic rings. The third-order valence-electron chi connectivity index (χ3n) is 5.52. The summed E-state index contributed by atoms with van der Waals surface area (Å²) in [5, 5.41) is 8.75. The highest BCUT2D eigenvalue weighted by atomic mass is 16.5. The second kappa shape index (κ2) is 4.18. The van der Waals surface area contributed by atoms with Gasteiger partial charge in [0.25, 0.3) is 0 Å². The van der Waals surface area contributed by atoms with Crippen molar-refractivity contribution in [2.75, 3.05) is 19.7 Å². The van der Waals surface area contributed by atoms with E-state index >= 15 is 0 Å². The number of aliphatic carboxylic acids is 1. The standard InChI is InChI=1S/C14H22N2O4/c1-13(2)11-9(3-4-20-11)14(13,15)12(19)16-6-8(7-16)5-10(17)18/h8-9,11H,3-7,15H2,1-2H3,(H,17,18). The highest BCUT2D eigenvalue weighted by molar-refractivity contribution is 5.90. The van der Waals surface area contributed by atoms with Crippen LogP contribution < -0.4 is 5.73 Å². The molecule has 112 valence electrons. The first-order chi connectivity index (χ1) is 9.28. The van der Waals surface area contributed by atoms with Gasteiger partial charge in [-0.15, -0.1) is 0 Å². The molecule has 0 bridgehead atoms. The van der Waals surface area contributed by atoms with Crippen molar-refractivity contribution in [3.8, 4) is 0 Å². The lowest BCUT2D eigenvalue weighted by Gasteiger charge is -2.62. The van der Waals surface area contributed by atoms with E-state index in [2.05, 4.69) is 0 Å². The number of carboxylic acids is 1. The van der Waals surface area contributed by atoms with Crippen molar-refractivity contribution in [2.24, 2.45) is 23.0 Å². The van der Waals surface area contributed by atoms with Gasteiger partial charge in [-0.25, -0.2) is 0 Å². The van der Waals surface area contributed by atoms with Gasteiger partial charge in [-0.05, 0) is 6.42 Å². The van der Waals surface area contributed by atoms with Gasteiger partial charge < -0.3 is 20.5 Å². The van der Waals surface area contributed by atoms with Gasteiger partial charge in [-0.1, -0.05) is 13.8 Å². The van der Waals surface area contributed by atoms with Crippen LogP contribution in [-0.2, 0) is 14.3 Å². The van der Waals surface area contributed by atoms with Gasteiger partial charge in [0.15, 0.2) is 0 Å². The Morgan fingerprint density at radius 3 is 2.65 bits per heavy atom. The summed E-state index contributed by atoms with van der Waals surface area (Å²) in [5.41, 5.74) is 5.26. The van der Waals surface area contributed by atoms with Crippen LogP contribution in [0.4, 0.5) is 0 Å². The number of carboxylic acid groups (broad SMARTS) is 1. The molecule has 3 aliphatic rings. The molecule has 0 radical (unpaired) electrons. The molecular weight excluding hydrogens is 260 g/mol. The Kier molecular flexibility index (Phi) is 2.89. The number of hydrogen-bond acceptors (Lipinski definition) is 4. The number of nitrogens with two attached hydrogens (primary N) is 1. The number of likely N-dealkylation sites (tertiary alicyclic amines) is 1. The lowest BCUT2D eigenvalue weighted by atomic mass is 9.47. The van der Waals surface area contributed by atoms with Crippen LogP contribution in [0.15, 0.2) is 0 Å². The van der Waals surface area contributed by atoms with Crippen molar-refractivity contribution in [2.45, 2.75) is 38.3 Å². The normalized spacial score (nSPS) is 38.9. The molecule has 2 saturated heterocycles. The maximum atomic E-state index is 12.7. The van der Waals surface area contributed by atoms with E-state index in [-0.39, 0.29) is 35.7 Å². The molecule has 2 heterocycles. The Morgan fingerprint density at radius 2 is 2.05 bits per heavy atom. The second-order valence-electron chi connectivity index (χ2n) is 6.95. The molecule has 3 rings (SSSR count). The van der Waals surface area contributed by atoms with E-state index in [1.54, 1.807) is 4.90 Å². The van der Waals surface area contributed by atoms with Crippen LogP contribution in [0.3, 0.4) is 0 Å². The van der Waals surface area contributed by atoms with Crippen LogP contribution in [0.25, 0.3) is 0 Å². The zero-order chi connectivity index (χ0) is 14.7. The Bertz CT molecular complexity index is 458. The first-order valence-electron chi connectivity index (χ1n) is 7.20. The number of carbonyl (C=O) groups is 2. The van der Waals surface area contributed by atoms with Gasteiger partial charge in [0.1, 0.15) is 5.54 Å². The summed E-state index contributed by atoms with van der Waals surface area (Å²) in [6.45, 7) is 5.68. The molecule has 1 saturated carbocycles. The van der Waals surface area contributed by atoms with Crippen LogP contribution >= 0.6 is 0 Å². The van der Waals surface area contributed by atoms with Crippen LogP contribution in [0.1, 0.15) is 26.7 Å². The van der Waals surface area contributed by atoms with E-state index in [1.807, 2.05) is 13.8 Å². The summed E-state index contributed by atoms with van der Waals surface area (Å²) in [7, 11) is 0. The average Bonchev–Trinajstić information content (AvgIpc) is 2.79. The van der Waals surface area contributed by atoms with Crippen molar-refractivity contribution in [1.82, 2.24) is 4.90 Å². The molecule has 3 N–H and O–H groups in total. The average molecular weight is 282 g/mol. The van der Waals surface area contributed by atoms with Crippen molar-refractivity contribution in [3.05, 3.63) is 0 Å². The minimum Gasteiger partial charge on any atom is -0.481 e. The molecule has 0 aromatic carbocycles. The summed E-state index contributed by atoms with van der Waals surface area (Å²) in [6.07, 6.45) is 1.04. The Balaban J connectivity index is 1.68. The van der Waals surface area contributed by atoms with Gasteiger partial charge in [0.05, 0.1) is 12.5 Å². The zero-order valence-corrected chi connectivity index (χ0v) is 12.0. The summed E-state index contributed by atoms with van der Waals surface area (Å²) in [4.78, 5) is 25.1. The van der Waals surface area contributed by atoms with Gasteiger partial charge in [-0.2, -0.15) is 0 Å². The van der Waals surface area contributed by atoms with Gasteiger partial charge in [-0.3, -0.25) is 9.59 Å². The Hall–Kier alpha value is -1.14. The predicted molar refractivity (Wildman–Crippen MR) is 70.9 cm³/mol. The molecule has 2 aliphatic heterocycles. The molecule has 3 fully saturated rings. The molecule has 1 amide bonds. The van der Waals surface area contributed by atoms with Crippen molar-refractivity contribution in [3.63, 3.8) is 0 Å². The number of nitrogens with zero attached hydrogens (tertiary/aromatic N) is 1. The highest BCUT2D eigenvalue weighted by Gasteiger charge is 2.72. The van der Waals surface area contributed by atoms with Gasteiger partial charge in [0, 0.05) is 36.9 Å². The molecule has 3 atom stereocenters. The molecule has 6 heteroatoms. The number of rotatable bonds is 3. The molecule has 0 aromatic heterocycles. The third kappa shape index (κ3) is 1.58. The fourth-order valence-corrected chi connectivity index (χ4v) is 4.19. The molecular formula is C14H22N2O4. The van der Waals surface area contributed by atoms with Crippen molar-refractivity contribution < 1.29 is 19.4 Å². The number of ether oxygens (including phenoxy) is 1. The third-order valence-corrected chi connectivity index (χ3v) is 5.52. The number of carbonyl (C=O) groups excluding carboxylic acids is 1. The van der Waals surface area contributed by atoms with Crippen molar-refractivity contribution in [1.29, 1.82) is 0 Å². The first-order valence-corrected chi connectivity index (χ1v) is 7.20. The number of hydrogen-bond donors (Lipinski definition) is 2. The first kappa shape index (κ1) is 13.8. The summed E-state index contributed by atoms with van der Waals surface area (Å²) >= 11 is 0. The summed E-state index contributed by atoms with van der Waals surface area (Å²) < 4.78 is 5.69. The largest absolute Gasteiger partial charge is 0.481 e. The molecule has 6 nitrogen and oxygen atoms in total. The van der Waals surface area contributed by atoms with Gasteiger partial charge in [0.2, 0.25) is 5.91 Å². The molecule has 1 aliphatic carbocycles. The molecule has 0 spiro atoms. The number of fused-ring (bicyclic) bond motifs is 1. The second-order valence-corrected chi connectivity index (χ2v) is 6.95. The van der Waals surface area contributed by atoms with E-state index in [0.717, 1.165) is 6.42 Å². The SMILES string of the molecule is CC1(C)C2OCCC2C1(N)C(=O)N1CC(CC(=O)O)C1. The fourth-order valence-electron chi connectivity index (χ4n) is 4.19. The summed E-state index contributed by atoms with van der Waals surface area (Å²) in [6, 6.07) is 0. The zero-order valence-electron chi connectivity index (χ0n) is 12.0. The summed E-state index contributed by atoms with van der Waals surface area (Å²) in [5.74, 6) is -0.670. The van der Waals surface area contributed by atoms with Crippen molar-refractivity contribution >= 4 is 11.9 Å². The fraction of sp³-hybridized carbons (Fsp3) is 0.857. The number of amides is 1. The maximum Gasteiger partial charge on any atom is 0.303 e.